The van der Waals surface area contributed by atoms with Gasteiger partial charge in [-0.25, -0.2) is 18.2 Å². The van der Waals surface area contributed by atoms with Gasteiger partial charge in [-0.15, -0.1) is 6.42 Å². The molecule has 9 nitrogen and oxygen atoms in total. The predicted octanol–water partition coefficient (Wildman–Crippen LogP) is 4.49. The zero-order chi connectivity index (χ0) is 31.0. The van der Waals surface area contributed by atoms with E-state index in [1.54, 1.807) is 0 Å². The van der Waals surface area contributed by atoms with Crippen LogP contribution in [-0.4, -0.2) is 86.8 Å². The van der Waals surface area contributed by atoms with Crippen molar-refractivity contribution in [2.24, 2.45) is 0 Å². The van der Waals surface area contributed by atoms with Crippen LogP contribution in [0.2, 0.25) is 0 Å². The molecular formula is C33H30F3N5O4. The molecule has 0 spiro atoms. The number of rotatable bonds is 4. The van der Waals surface area contributed by atoms with Gasteiger partial charge in [0.25, 0.3) is 0 Å². The van der Waals surface area contributed by atoms with Crippen LogP contribution < -0.4 is 14.4 Å². The van der Waals surface area contributed by atoms with E-state index in [0.717, 1.165) is 19.4 Å². The number of aliphatic hydroxyl groups is 1. The Hall–Kier alpha value is -4.34. The van der Waals surface area contributed by atoms with Crippen LogP contribution in [0.15, 0.2) is 24.3 Å². The van der Waals surface area contributed by atoms with Crippen molar-refractivity contribution in [2.45, 2.75) is 56.0 Å². The number of pyridine rings is 1. The Bertz CT molecular complexity index is 1920. The average molecular weight is 618 g/mol. The molecule has 4 aliphatic rings. The van der Waals surface area contributed by atoms with E-state index in [9.17, 15) is 19.0 Å². The summed E-state index contributed by atoms with van der Waals surface area (Å²) >= 11 is 0. The number of phenolic OH excluding ortho intramolecular Hbond substituents is 1. The van der Waals surface area contributed by atoms with E-state index in [4.69, 9.17) is 20.9 Å². The number of nitrogens with zero attached hydrogens (tertiary/aromatic N) is 5. The summed E-state index contributed by atoms with van der Waals surface area (Å²) in [7, 11) is 0. The van der Waals surface area contributed by atoms with Gasteiger partial charge in [-0.05, 0) is 55.8 Å². The third-order valence-electron chi connectivity index (χ3n) is 9.80. The number of alkyl halides is 1. The molecule has 4 aliphatic heterocycles. The molecule has 232 valence electrons. The van der Waals surface area contributed by atoms with Crippen molar-refractivity contribution in [3.8, 4) is 41.2 Å². The van der Waals surface area contributed by atoms with E-state index >= 15 is 4.39 Å². The fourth-order valence-corrected chi connectivity index (χ4v) is 7.72. The molecule has 2 N–H and O–H groups in total. The van der Waals surface area contributed by atoms with Gasteiger partial charge in [-0.1, -0.05) is 12.0 Å². The number of hydrogen-bond donors (Lipinski definition) is 2. The first-order valence-corrected chi connectivity index (χ1v) is 15.2. The average Bonchev–Trinajstić information content (AvgIpc) is 3.49. The van der Waals surface area contributed by atoms with Crippen molar-refractivity contribution in [3.63, 3.8) is 0 Å². The Kier molecular flexibility index (Phi) is 6.48. The Labute approximate surface area is 256 Å². The van der Waals surface area contributed by atoms with E-state index in [1.807, 2.05) is 4.90 Å². The molecule has 3 saturated heterocycles. The first kappa shape index (κ1) is 28.2. The standard InChI is InChI=1S/C33H30F3N5O4/c1-2-20-22(35)7-6-17-11-19(42)12-21(25(17)20)28-27(36)29-26-30(41-10-3-5-24(43)23(41)15-44-31(26)37-28)39-32(38-29)45-16-33-8-4-9-40(33)14-18(34)13-33/h1,6-7,11-12,18,23-24,42-43H,3-5,8-10,13-16H2/t18-,23-,24-,33+/m1/s1. The number of hydrogen-bond acceptors (Lipinski definition) is 9. The minimum Gasteiger partial charge on any atom is -0.508 e. The SMILES string of the molecule is C#Cc1c(F)ccc2cc(O)cc(-c3nc4c5c(nc(OC[C@@]67CCCN6C[C@H](F)C7)nc5c3F)N3CCC[C@@H](O)[C@H]3CO4)c12. The number of aliphatic hydroxyl groups excluding tert-OH is 1. The number of ether oxygens (including phenoxy) is 2. The van der Waals surface area contributed by atoms with Crippen LogP contribution in [0.25, 0.3) is 32.9 Å². The second-order valence-electron chi connectivity index (χ2n) is 12.4. The highest BCUT2D eigenvalue weighted by molar-refractivity contribution is 6.04. The summed E-state index contributed by atoms with van der Waals surface area (Å²) in [5, 5.41) is 22.3. The number of aromatic nitrogens is 3. The number of fused-ring (bicyclic) bond motifs is 4. The molecule has 3 fully saturated rings. The maximum absolute atomic E-state index is 16.9. The molecule has 2 aromatic carbocycles. The van der Waals surface area contributed by atoms with Gasteiger partial charge in [0.05, 0.1) is 23.2 Å². The van der Waals surface area contributed by atoms with E-state index in [2.05, 4.69) is 20.8 Å². The number of benzene rings is 2. The Balaban J connectivity index is 1.34. The summed E-state index contributed by atoms with van der Waals surface area (Å²) in [5.41, 5.74) is -0.940. The van der Waals surface area contributed by atoms with Crippen molar-refractivity contribution < 1.29 is 32.9 Å². The van der Waals surface area contributed by atoms with Crippen molar-refractivity contribution >= 4 is 27.5 Å². The van der Waals surface area contributed by atoms with Crippen molar-refractivity contribution in [3.05, 3.63) is 41.5 Å². The van der Waals surface area contributed by atoms with Crippen LogP contribution >= 0.6 is 0 Å². The fraction of sp³-hybridized carbons (Fsp3) is 0.424. The Morgan fingerprint density at radius 2 is 2.00 bits per heavy atom. The Morgan fingerprint density at radius 1 is 1.13 bits per heavy atom. The fourth-order valence-electron chi connectivity index (χ4n) is 7.72. The van der Waals surface area contributed by atoms with Crippen molar-refractivity contribution in [1.29, 1.82) is 0 Å². The zero-order valence-corrected chi connectivity index (χ0v) is 24.3. The van der Waals surface area contributed by atoms with E-state index in [1.165, 1.54) is 24.3 Å². The van der Waals surface area contributed by atoms with Crippen LogP contribution in [0, 0.1) is 24.0 Å². The molecular weight excluding hydrogens is 587 g/mol. The summed E-state index contributed by atoms with van der Waals surface area (Å²) in [4.78, 5) is 17.8. The highest BCUT2D eigenvalue weighted by Gasteiger charge is 2.49. The number of phenols is 1. The molecule has 0 saturated carbocycles. The van der Waals surface area contributed by atoms with Crippen LogP contribution in [0.4, 0.5) is 19.0 Å². The molecule has 6 heterocycles. The van der Waals surface area contributed by atoms with E-state index in [-0.39, 0.29) is 64.0 Å². The number of piperidine rings is 1. The quantitative estimate of drug-likeness (QED) is 0.321. The van der Waals surface area contributed by atoms with Gasteiger partial charge in [0.2, 0.25) is 5.88 Å². The first-order chi connectivity index (χ1) is 21.8. The molecule has 4 aromatic rings. The molecule has 12 heteroatoms. The molecule has 4 atom stereocenters. The van der Waals surface area contributed by atoms with Gasteiger partial charge in [0.1, 0.15) is 53.4 Å². The zero-order valence-electron chi connectivity index (χ0n) is 24.3. The van der Waals surface area contributed by atoms with Gasteiger partial charge in [0, 0.05) is 30.5 Å². The normalized spacial score (nSPS) is 25.9. The highest BCUT2D eigenvalue weighted by atomic mass is 19.1. The van der Waals surface area contributed by atoms with Gasteiger partial charge in [-0.3, -0.25) is 4.90 Å². The number of terminal acetylenes is 1. The lowest BCUT2D eigenvalue weighted by molar-refractivity contribution is 0.0875. The molecule has 2 aromatic heterocycles. The van der Waals surface area contributed by atoms with E-state index in [0.29, 0.717) is 43.6 Å². The van der Waals surface area contributed by atoms with Crippen LogP contribution in [0.1, 0.15) is 37.7 Å². The van der Waals surface area contributed by atoms with Crippen LogP contribution in [0.5, 0.6) is 17.6 Å². The molecule has 0 amide bonds. The first-order valence-electron chi connectivity index (χ1n) is 15.2. The smallest absolute Gasteiger partial charge is 0.319 e. The Morgan fingerprint density at radius 3 is 2.84 bits per heavy atom. The monoisotopic (exact) mass is 617 g/mol. The van der Waals surface area contributed by atoms with E-state index < -0.39 is 35.5 Å². The van der Waals surface area contributed by atoms with Gasteiger partial charge in [0.15, 0.2) is 5.82 Å². The summed E-state index contributed by atoms with van der Waals surface area (Å²) in [6.07, 6.45) is 7.27. The molecule has 45 heavy (non-hydrogen) atoms. The lowest BCUT2D eigenvalue weighted by Gasteiger charge is -2.38. The summed E-state index contributed by atoms with van der Waals surface area (Å²) in [6.45, 7) is 1.84. The number of aromatic hydroxyl groups is 1. The minimum atomic E-state index is -0.952. The second-order valence-corrected chi connectivity index (χ2v) is 12.4. The molecule has 0 unspecified atom stereocenters. The molecule has 8 rings (SSSR count). The lowest BCUT2D eigenvalue weighted by atomic mass is 9.95. The van der Waals surface area contributed by atoms with Crippen molar-refractivity contribution in [2.75, 3.05) is 37.7 Å². The summed E-state index contributed by atoms with van der Waals surface area (Å²) < 4.78 is 58.5. The molecule has 0 aliphatic carbocycles. The van der Waals surface area contributed by atoms with Crippen molar-refractivity contribution in [1.82, 2.24) is 19.9 Å². The lowest BCUT2D eigenvalue weighted by Crippen LogP contribution is -2.51. The summed E-state index contributed by atoms with van der Waals surface area (Å²) in [5.74, 6) is 0.940. The number of halogens is 3. The largest absolute Gasteiger partial charge is 0.508 e. The third-order valence-corrected chi connectivity index (χ3v) is 9.80. The van der Waals surface area contributed by atoms with Crippen LogP contribution in [-0.2, 0) is 0 Å². The molecule has 0 radical (unpaired) electrons. The maximum Gasteiger partial charge on any atom is 0.319 e. The topological polar surface area (TPSA) is 104 Å². The minimum absolute atomic E-state index is 0.0244. The van der Waals surface area contributed by atoms with Gasteiger partial charge >= 0.3 is 6.01 Å². The molecule has 0 bridgehead atoms. The third kappa shape index (κ3) is 4.35. The maximum atomic E-state index is 16.9. The highest BCUT2D eigenvalue weighted by Crippen LogP contribution is 2.45. The predicted molar refractivity (Wildman–Crippen MR) is 160 cm³/mol. The number of anilines is 1. The van der Waals surface area contributed by atoms with Crippen LogP contribution in [0.3, 0.4) is 0 Å². The second kappa shape index (κ2) is 10.4. The van der Waals surface area contributed by atoms with Gasteiger partial charge in [-0.2, -0.15) is 9.97 Å². The summed E-state index contributed by atoms with van der Waals surface area (Å²) in [6, 6.07) is 4.73. The van der Waals surface area contributed by atoms with Gasteiger partial charge < -0.3 is 24.6 Å².